The quantitative estimate of drug-likeness (QED) is 0.872. The molecule has 4 heteroatoms. The lowest BCUT2D eigenvalue weighted by Gasteiger charge is -2.24. The first-order valence-corrected chi connectivity index (χ1v) is 6.45. The molecule has 0 fully saturated rings. The van der Waals surface area contributed by atoms with E-state index in [1.54, 1.807) is 23.7 Å². The van der Waals surface area contributed by atoms with Gasteiger partial charge in [-0.25, -0.2) is 0 Å². The SMILES string of the molecule is CC(C)(CNc1ccncc1N)c1cccs1. The largest absolute Gasteiger partial charge is 0.396 e. The second-order valence-electron chi connectivity index (χ2n) is 4.68. The maximum absolute atomic E-state index is 5.85. The third-order valence-corrected chi connectivity index (χ3v) is 4.00. The van der Waals surface area contributed by atoms with Crippen LogP contribution in [-0.4, -0.2) is 11.5 Å². The molecule has 0 radical (unpaired) electrons. The van der Waals surface area contributed by atoms with E-state index in [9.17, 15) is 0 Å². The van der Waals surface area contributed by atoms with E-state index >= 15 is 0 Å². The monoisotopic (exact) mass is 247 g/mol. The molecular weight excluding hydrogens is 230 g/mol. The molecule has 2 heterocycles. The average molecular weight is 247 g/mol. The number of nitrogens with one attached hydrogen (secondary N) is 1. The lowest BCUT2D eigenvalue weighted by Crippen LogP contribution is -2.26. The van der Waals surface area contributed by atoms with Crippen LogP contribution < -0.4 is 11.1 Å². The van der Waals surface area contributed by atoms with Gasteiger partial charge in [-0.2, -0.15) is 0 Å². The zero-order valence-corrected chi connectivity index (χ0v) is 10.9. The Morgan fingerprint density at radius 1 is 1.41 bits per heavy atom. The molecule has 90 valence electrons. The topological polar surface area (TPSA) is 50.9 Å². The van der Waals surface area contributed by atoms with E-state index in [1.165, 1.54) is 4.88 Å². The number of anilines is 2. The van der Waals surface area contributed by atoms with Crippen molar-refractivity contribution >= 4 is 22.7 Å². The molecule has 0 spiro atoms. The Bertz CT molecular complexity index is 477. The molecular formula is C13H17N3S. The maximum atomic E-state index is 5.85. The Balaban J connectivity index is 2.06. The molecule has 0 amide bonds. The van der Waals surface area contributed by atoms with Crippen molar-refractivity contribution < 1.29 is 0 Å². The van der Waals surface area contributed by atoms with Gasteiger partial charge in [0.1, 0.15) is 0 Å². The minimum Gasteiger partial charge on any atom is -0.396 e. The zero-order valence-electron chi connectivity index (χ0n) is 10.1. The number of hydrogen-bond acceptors (Lipinski definition) is 4. The van der Waals surface area contributed by atoms with Gasteiger partial charge in [0, 0.05) is 23.0 Å². The second-order valence-corrected chi connectivity index (χ2v) is 5.63. The van der Waals surface area contributed by atoms with E-state index in [2.05, 4.69) is 41.7 Å². The number of thiophene rings is 1. The lowest BCUT2D eigenvalue weighted by molar-refractivity contribution is 0.569. The molecule has 3 N–H and O–H groups in total. The molecule has 0 atom stereocenters. The van der Waals surface area contributed by atoms with Crippen molar-refractivity contribution in [2.24, 2.45) is 0 Å². The highest BCUT2D eigenvalue weighted by Crippen LogP contribution is 2.28. The molecule has 0 aliphatic heterocycles. The third kappa shape index (κ3) is 2.77. The summed E-state index contributed by atoms with van der Waals surface area (Å²) < 4.78 is 0. The summed E-state index contributed by atoms with van der Waals surface area (Å²) in [5.41, 5.74) is 7.59. The number of pyridine rings is 1. The van der Waals surface area contributed by atoms with Gasteiger partial charge in [-0.1, -0.05) is 19.9 Å². The molecule has 0 aliphatic rings. The highest BCUT2D eigenvalue weighted by Gasteiger charge is 2.21. The van der Waals surface area contributed by atoms with Crippen LogP contribution in [0.2, 0.25) is 0 Å². The van der Waals surface area contributed by atoms with Crippen molar-refractivity contribution in [2.45, 2.75) is 19.3 Å². The number of hydrogen-bond donors (Lipinski definition) is 2. The van der Waals surface area contributed by atoms with Crippen LogP contribution in [0.25, 0.3) is 0 Å². The van der Waals surface area contributed by atoms with Crippen LogP contribution in [0, 0.1) is 0 Å². The first-order chi connectivity index (χ1) is 8.09. The molecule has 0 bridgehead atoms. The Morgan fingerprint density at radius 2 is 2.24 bits per heavy atom. The summed E-state index contributed by atoms with van der Waals surface area (Å²) in [5, 5.41) is 5.49. The van der Waals surface area contributed by atoms with Gasteiger partial charge in [-0.3, -0.25) is 4.98 Å². The molecule has 0 unspecified atom stereocenters. The minimum absolute atomic E-state index is 0.101. The number of rotatable bonds is 4. The van der Waals surface area contributed by atoms with Crippen molar-refractivity contribution in [3.63, 3.8) is 0 Å². The van der Waals surface area contributed by atoms with Gasteiger partial charge < -0.3 is 11.1 Å². The fourth-order valence-electron chi connectivity index (χ4n) is 1.63. The smallest absolute Gasteiger partial charge is 0.0736 e. The fourth-order valence-corrected chi connectivity index (χ4v) is 2.49. The molecule has 0 aromatic carbocycles. The summed E-state index contributed by atoms with van der Waals surface area (Å²) in [6, 6.07) is 6.16. The van der Waals surface area contributed by atoms with Gasteiger partial charge in [-0.05, 0) is 17.5 Å². The number of nitrogens with zero attached hydrogens (tertiary/aromatic N) is 1. The van der Waals surface area contributed by atoms with Crippen LogP contribution in [0.1, 0.15) is 18.7 Å². The molecule has 0 saturated heterocycles. The van der Waals surface area contributed by atoms with Gasteiger partial charge in [0.05, 0.1) is 17.6 Å². The maximum Gasteiger partial charge on any atom is 0.0736 e. The summed E-state index contributed by atoms with van der Waals surface area (Å²) in [5.74, 6) is 0. The molecule has 2 aromatic rings. The average Bonchev–Trinajstić information content (AvgIpc) is 2.82. The Labute approximate surface area is 106 Å². The number of aromatic nitrogens is 1. The van der Waals surface area contributed by atoms with Gasteiger partial charge in [0.15, 0.2) is 0 Å². The Hall–Kier alpha value is -1.55. The molecule has 0 saturated carbocycles. The minimum atomic E-state index is 0.101. The number of nitrogen functional groups attached to an aromatic ring is 1. The van der Waals surface area contributed by atoms with Gasteiger partial charge in [-0.15, -0.1) is 11.3 Å². The van der Waals surface area contributed by atoms with Crippen molar-refractivity contribution in [3.05, 3.63) is 40.8 Å². The van der Waals surface area contributed by atoms with E-state index in [1.807, 2.05) is 6.07 Å². The van der Waals surface area contributed by atoms with Crippen molar-refractivity contribution in [3.8, 4) is 0 Å². The molecule has 3 nitrogen and oxygen atoms in total. The van der Waals surface area contributed by atoms with Crippen LogP contribution in [0.15, 0.2) is 36.0 Å². The summed E-state index contributed by atoms with van der Waals surface area (Å²) in [4.78, 5) is 5.35. The van der Waals surface area contributed by atoms with Crippen LogP contribution in [0.5, 0.6) is 0 Å². The molecule has 2 aromatic heterocycles. The van der Waals surface area contributed by atoms with Crippen LogP contribution in [0.4, 0.5) is 11.4 Å². The molecule has 17 heavy (non-hydrogen) atoms. The predicted molar refractivity (Wildman–Crippen MR) is 74.5 cm³/mol. The zero-order chi connectivity index (χ0) is 12.3. The van der Waals surface area contributed by atoms with E-state index in [-0.39, 0.29) is 5.41 Å². The number of nitrogens with two attached hydrogens (primary N) is 1. The van der Waals surface area contributed by atoms with E-state index in [0.29, 0.717) is 5.69 Å². The van der Waals surface area contributed by atoms with Gasteiger partial charge in [0.25, 0.3) is 0 Å². The fraction of sp³-hybridized carbons (Fsp3) is 0.308. The van der Waals surface area contributed by atoms with Crippen molar-refractivity contribution in [1.29, 1.82) is 0 Å². The summed E-state index contributed by atoms with van der Waals surface area (Å²) >= 11 is 1.79. The normalized spacial score (nSPS) is 11.4. The van der Waals surface area contributed by atoms with Crippen molar-refractivity contribution in [1.82, 2.24) is 4.98 Å². The summed E-state index contributed by atoms with van der Waals surface area (Å²) in [7, 11) is 0. The molecule has 0 aliphatic carbocycles. The lowest BCUT2D eigenvalue weighted by atomic mass is 9.91. The summed E-state index contributed by atoms with van der Waals surface area (Å²) in [6.45, 7) is 5.30. The van der Waals surface area contributed by atoms with E-state index in [0.717, 1.165) is 12.2 Å². The van der Waals surface area contributed by atoms with Crippen molar-refractivity contribution in [2.75, 3.05) is 17.6 Å². The van der Waals surface area contributed by atoms with E-state index in [4.69, 9.17) is 5.73 Å². The first-order valence-electron chi connectivity index (χ1n) is 5.57. The second kappa shape index (κ2) is 4.75. The summed E-state index contributed by atoms with van der Waals surface area (Å²) in [6.07, 6.45) is 3.41. The van der Waals surface area contributed by atoms with Gasteiger partial charge >= 0.3 is 0 Å². The highest BCUT2D eigenvalue weighted by molar-refractivity contribution is 7.10. The third-order valence-electron chi connectivity index (χ3n) is 2.76. The van der Waals surface area contributed by atoms with Crippen LogP contribution in [-0.2, 0) is 5.41 Å². The highest BCUT2D eigenvalue weighted by atomic mass is 32.1. The first kappa shape index (κ1) is 11.9. The van der Waals surface area contributed by atoms with Gasteiger partial charge in [0.2, 0.25) is 0 Å². The standard InChI is InChI=1S/C13H17N3S/c1-13(2,12-4-3-7-17-12)9-16-11-5-6-15-8-10(11)14/h3-8H,9,14H2,1-2H3,(H,15,16). The Morgan fingerprint density at radius 3 is 2.88 bits per heavy atom. The molecule has 2 rings (SSSR count). The Kier molecular flexibility index (Phi) is 3.33. The van der Waals surface area contributed by atoms with E-state index < -0.39 is 0 Å². The predicted octanol–water partition coefficient (Wildman–Crippen LogP) is 3.12. The van der Waals surface area contributed by atoms with Crippen LogP contribution >= 0.6 is 11.3 Å². The van der Waals surface area contributed by atoms with Crippen LogP contribution in [0.3, 0.4) is 0 Å².